The van der Waals surface area contributed by atoms with Gasteiger partial charge in [-0.3, -0.25) is 4.79 Å². The summed E-state index contributed by atoms with van der Waals surface area (Å²) < 4.78 is 37.7. The molecule has 1 fully saturated rings. The van der Waals surface area contributed by atoms with Crippen LogP contribution in [0.25, 0.3) is 0 Å². The van der Waals surface area contributed by atoms with E-state index < -0.39 is 11.6 Å². The molecular formula is C18H15F2NO3S. The van der Waals surface area contributed by atoms with Crippen LogP contribution in [0.15, 0.2) is 36.4 Å². The Morgan fingerprint density at radius 2 is 1.84 bits per heavy atom. The van der Waals surface area contributed by atoms with E-state index in [1.165, 1.54) is 17.8 Å². The summed E-state index contributed by atoms with van der Waals surface area (Å²) in [5.74, 6) is -0.132. The maximum Gasteiger partial charge on any atom is 0.234 e. The van der Waals surface area contributed by atoms with Crippen molar-refractivity contribution in [3.05, 3.63) is 59.2 Å². The number of hydrogen-bond acceptors (Lipinski definition) is 4. The van der Waals surface area contributed by atoms with Crippen LogP contribution in [0.1, 0.15) is 16.5 Å². The van der Waals surface area contributed by atoms with Gasteiger partial charge in [-0.1, -0.05) is 12.1 Å². The fourth-order valence-corrected chi connectivity index (χ4v) is 4.13. The average molecular weight is 363 g/mol. The molecule has 1 saturated heterocycles. The first-order valence-electron chi connectivity index (χ1n) is 7.86. The summed E-state index contributed by atoms with van der Waals surface area (Å²) in [6.07, 6.45) is 0. The van der Waals surface area contributed by atoms with Gasteiger partial charge >= 0.3 is 0 Å². The normalized spacial score (nSPS) is 19.4. The van der Waals surface area contributed by atoms with Gasteiger partial charge in [0.1, 0.15) is 18.6 Å². The molecular weight excluding hydrogens is 348 g/mol. The first-order chi connectivity index (χ1) is 12.1. The highest BCUT2D eigenvalue weighted by atomic mass is 32.2. The Kier molecular flexibility index (Phi) is 4.25. The van der Waals surface area contributed by atoms with Crippen LogP contribution in [-0.2, 0) is 11.3 Å². The van der Waals surface area contributed by atoms with Crippen LogP contribution in [0.2, 0.25) is 0 Å². The Morgan fingerprint density at radius 3 is 2.64 bits per heavy atom. The number of rotatable bonds is 3. The number of hydrogen-bond donors (Lipinski definition) is 0. The second-order valence-electron chi connectivity index (χ2n) is 5.84. The van der Waals surface area contributed by atoms with Crippen molar-refractivity contribution >= 4 is 17.7 Å². The SMILES string of the molecule is O=C1CSC(c2ccc3c(c2)OCCO3)N1Cc1ccc(F)c(F)c1. The number of fused-ring (bicyclic) bond motifs is 1. The zero-order valence-corrected chi connectivity index (χ0v) is 14.0. The molecule has 0 spiro atoms. The predicted octanol–water partition coefficient (Wildman–Crippen LogP) is 3.51. The topological polar surface area (TPSA) is 38.8 Å². The summed E-state index contributed by atoms with van der Waals surface area (Å²) in [5, 5.41) is -0.198. The predicted molar refractivity (Wildman–Crippen MR) is 89.5 cm³/mol. The molecule has 0 aromatic heterocycles. The molecule has 0 saturated carbocycles. The fraction of sp³-hybridized carbons (Fsp3) is 0.278. The zero-order chi connectivity index (χ0) is 17.4. The van der Waals surface area contributed by atoms with Gasteiger partial charge in [-0.05, 0) is 35.4 Å². The Morgan fingerprint density at radius 1 is 1.04 bits per heavy atom. The third-order valence-corrected chi connectivity index (χ3v) is 5.41. The number of amides is 1. The molecule has 0 aliphatic carbocycles. The van der Waals surface area contributed by atoms with Crippen molar-refractivity contribution in [2.75, 3.05) is 19.0 Å². The minimum atomic E-state index is -0.910. The second-order valence-corrected chi connectivity index (χ2v) is 6.91. The molecule has 25 heavy (non-hydrogen) atoms. The molecule has 1 amide bonds. The van der Waals surface area contributed by atoms with Gasteiger partial charge in [-0.15, -0.1) is 11.8 Å². The van der Waals surface area contributed by atoms with Crippen LogP contribution in [0, 0.1) is 11.6 Å². The van der Waals surface area contributed by atoms with Gasteiger partial charge in [0.15, 0.2) is 23.1 Å². The number of carbonyl (C=O) groups excluding carboxylic acids is 1. The first-order valence-corrected chi connectivity index (χ1v) is 8.91. The lowest BCUT2D eigenvalue weighted by Crippen LogP contribution is -2.28. The highest BCUT2D eigenvalue weighted by molar-refractivity contribution is 8.00. The summed E-state index contributed by atoms with van der Waals surface area (Å²) >= 11 is 1.50. The average Bonchev–Trinajstić information content (AvgIpc) is 2.98. The van der Waals surface area contributed by atoms with Gasteiger partial charge in [0.25, 0.3) is 0 Å². The van der Waals surface area contributed by atoms with Crippen molar-refractivity contribution in [3.8, 4) is 11.5 Å². The lowest BCUT2D eigenvalue weighted by Gasteiger charge is -2.26. The van der Waals surface area contributed by atoms with Gasteiger partial charge in [-0.2, -0.15) is 0 Å². The summed E-state index contributed by atoms with van der Waals surface area (Å²) in [5.41, 5.74) is 1.47. The largest absolute Gasteiger partial charge is 0.486 e. The van der Waals surface area contributed by atoms with Crippen molar-refractivity contribution < 1.29 is 23.0 Å². The summed E-state index contributed by atoms with van der Waals surface area (Å²) in [6, 6.07) is 9.33. The molecule has 0 bridgehead atoms. The van der Waals surface area contributed by atoms with E-state index in [1.54, 1.807) is 4.90 Å². The van der Waals surface area contributed by atoms with Crippen LogP contribution in [0.4, 0.5) is 8.78 Å². The van der Waals surface area contributed by atoms with E-state index in [0.29, 0.717) is 36.0 Å². The van der Waals surface area contributed by atoms with Gasteiger partial charge in [0, 0.05) is 6.54 Å². The van der Waals surface area contributed by atoms with Gasteiger partial charge in [0.2, 0.25) is 5.91 Å². The third-order valence-electron chi connectivity index (χ3n) is 4.16. The molecule has 2 aromatic rings. The molecule has 4 nitrogen and oxygen atoms in total. The molecule has 0 N–H and O–H groups in total. The van der Waals surface area contributed by atoms with E-state index in [1.807, 2.05) is 18.2 Å². The Hall–Kier alpha value is -2.28. The summed E-state index contributed by atoms with van der Waals surface area (Å²) in [7, 11) is 0. The number of halogens is 2. The van der Waals surface area contributed by atoms with Crippen molar-refractivity contribution in [1.82, 2.24) is 4.90 Å². The highest BCUT2D eigenvalue weighted by Crippen LogP contribution is 2.42. The van der Waals surface area contributed by atoms with Crippen LogP contribution in [0.5, 0.6) is 11.5 Å². The molecule has 2 heterocycles. The number of benzene rings is 2. The first kappa shape index (κ1) is 16.2. The van der Waals surface area contributed by atoms with E-state index in [4.69, 9.17) is 9.47 Å². The molecule has 1 unspecified atom stereocenters. The molecule has 0 radical (unpaired) electrons. The quantitative estimate of drug-likeness (QED) is 0.837. The van der Waals surface area contributed by atoms with Gasteiger partial charge in [-0.25, -0.2) is 8.78 Å². The monoisotopic (exact) mass is 363 g/mol. The van der Waals surface area contributed by atoms with Crippen LogP contribution >= 0.6 is 11.8 Å². The Bertz CT molecular complexity index is 830. The smallest absolute Gasteiger partial charge is 0.234 e. The lowest BCUT2D eigenvalue weighted by atomic mass is 10.1. The summed E-state index contributed by atoms with van der Waals surface area (Å²) in [4.78, 5) is 14.0. The van der Waals surface area contributed by atoms with Crippen LogP contribution in [-0.4, -0.2) is 29.8 Å². The number of carbonyl (C=O) groups is 1. The third kappa shape index (κ3) is 3.16. The number of ether oxygens (including phenoxy) is 2. The molecule has 2 aliphatic rings. The number of thioether (sulfide) groups is 1. The maximum atomic E-state index is 13.4. The lowest BCUT2D eigenvalue weighted by molar-refractivity contribution is -0.128. The minimum Gasteiger partial charge on any atom is -0.486 e. The Balaban J connectivity index is 1.60. The second kappa shape index (κ2) is 6.55. The molecule has 2 aliphatic heterocycles. The van der Waals surface area contributed by atoms with E-state index in [9.17, 15) is 13.6 Å². The molecule has 4 rings (SSSR count). The number of nitrogens with zero attached hydrogens (tertiary/aromatic N) is 1. The van der Waals surface area contributed by atoms with E-state index >= 15 is 0 Å². The zero-order valence-electron chi connectivity index (χ0n) is 13.2. The van der Waals surface area contributed by atoms with E-state index in [2.05, 4.69) is 0 Å². The van der Waals surface area contributed by atoms with Gasteiger partial charge in [0.05, 0.1) is 5.75 Å². The molecule has 1 atom stereocenters. The van der Waals surface area contributed by atoms with Crippen molar-refractivity contribution in [3.63, 3.8) is 0 Å². The standard InChI is InChI=1S/C18H15F2NO3S/c19-13-3-1-11(7-14(13)20)9-21-17(22)10-25-18(21)12-2-4-15-16(8-12)24-6-5-23-15/h1-4,7-8,18H,5-6,9-10H2. The van der Waals surface area contributed by atoms with Gasteiger partial charge < -0.3 is 14.4 Å². The van der Waals surface area contributed by atoms with E-state index in [0.717, 1.165) is 17.7 Å². The molecule has 7 heteroatoms. The minimum absolute atomic E-state index is 0.0328. The molecule has 130 valence electrons. The maximum absolute atomic E-state index is 13.4. The molecule has 2 aromatic carbocycles. The van der Waals surface area contributed by atoms with Crippen LogP contribution < -0.4 is 9.47 Å². The van der Waals surface area contributed by atoms with E-state index in [-0.39, 0.29) is 17.8 Å². The summed E-state index contributed by atoms with van der Waals surface area (Å²) in [6.45, 7) is 1.24. The van der Waals surface area contributed by atoms with Crippen LogP contribution in [0.3, 0.4) is 0 Å². The van der Waals surface area contributed by atoms with Crippen molar-refractivity contribution in [2.45, 2.75) is 11.9 Å². The fourth-order valence-electron chi connectivity index (χ4n) is 2.95. The van der Waals surface area contributed by atoms with Crippen molar-refractivity contribution in [2.24, 2.45) is 0 Å². The van der Waals surface area contributed by atoms with Crippen molar-refractivity contribution in [1.29, 1.82) is 0 Å². The Labute approximate surface area is 147 Å². The highest BCUT2D eigenvalue weighted by Gasteiger charge is 2.33.